The first kappa shape index (κ1) is 11.2. The Morgan fingerprint density at radius 3 is 2.61 bits per heavy atom. The second-order valence-electron chi connectivity index (χ2n) is 3.96. The molecule has 0 N–H and O–H groups in total. The standard InChI is InChI=1S/C14H9ClFNO/c15-8-9-1-6-13-12(7-9)17-14(18-13)10-2-4-11(16)5-3-10/h1-7H,8H2. The SMILES string of the molecule is Fc1ccc(-c2nc3cc(CCl)ccc3o2)cc1. The number of alkyl halides is 1. The molecule has 0 saturated heterocycles. The maximum atomic E-state index is 12.8. The van der Waals surface area contributed by atoms with E-state index in [4.69, 9.17) is 16.0 Å². The average molecular weight is 262 g/mol. The number of nitrogens with zero attached hydrogens (tertiary/aromatic N) is 1. The lowest BCUT2D eigenvalue weighted by Crippen LogP contribution is -1.78. The average Bonchev–Trinajstić information content (AvgIpc) is 2.82. The zero-order valence-electron chi connectivity index (χ0n) is 9.36. The lowest BCUT2D eigenvalue weighted by Gasteiger charge is -1.93. The molecule has 2 aromatic carbocycles. The van der Waals surface area contributed by atoms with Crippen LogP contribution in [-0.2, 0) is 5.88 Å². The molecule has 1 heterocycles. The van der Waals surface area contributed by atoms with Gasteiger partial charge in [-0.25, -0.2) is 9.37 Å². The largest absolute Gasteiger partial charge is 0.436 e. The maximum Gasteiger partial charge on any atom is 0.227 e. The van der Waals surface area contributed by atoms with Crippen molar-refractivity contribution in [1.82, 2.24) is 4.98 Å². The van der Waals surface area contributed by atoms with Crippen LogP contribution in [0.2, 0.25) is 0 Å². The molecule has 0 amide bonds. The van der Waals surface area contributed by atoms with E-state index in [2.05, 4.69) is 4.98 Å². The highest BCUT2D eigenvalue weighted by molar-refractivity contribution is 6.17. The van der Waals surface area contributed by atoms with Gasteiger partial charge >= 0.3 is 0 Å². The Bertz CT molecular complexity index is 691. The molecule has 0 atom stereocenters. The van der Waals surface area contributed by atoms with E-state index in [0.717, 1.165) is 16.6 Å². The highest BCUT2D eigenvalue weighted by atomic mass is 35.5. The van der Waals surface area contributed by atoms with Gasteiger partial charge in [-0.2, -0.15) is 0 Å². The van der Waals surface area contributed by atoms with Crippen LogP contribution in [0.3, 0.4) is 0 Å². The predicted octanol–water partition coefficient (Wildman–Crippen LogP) is 4.37. The van der Waals surface area contributed by atoms with Gasteiger partial charge in [0.1, 0.15) is 11.3 Å². The van der Waals surface area contributed by atoms with E-state index < -0.39 is 0 Å². The van der Waals surface area contributed by atoms with Crippen molar-refractivity contribution >= 4 is 22.7 Å². The minimum absolute atomic E-state index is 0.278. The van der Waals surface area contributed by atoms with Crippen molar-refractivity contribution < 1.29 is 8.81 Å². The van der Waals surface area contributed by atoms with Crippen LogP contribution in [0.25, 0.3) is 22.6 Å². The first-order chi connectivity index (χ1) is 8.76. The molecule has 0 aliphatic rings. The highest BCUT2D eigenvalue weighted by Crippen LogP contribution is 2.25. The van der Waals surface area contributed by atoms with E-state index in [9.17, 15) is 4.39 Å². The van der Waals surface area contributed by atoms with Crippen molar-refractivity contribution in [1.29, 1.82) is 0 Å². The van der Waals surface area contributed by atoms with E-state index in [0.29, 0.717) is 17.4 Å². The molecule has 0 fully saturated rings. The lowest BCUT2D eigenvalue weighted by atomic mass is 10.2. The number of oxazole rings is 1. The van der Waals surface area contributed by atoms with Crippen molar-refractivity contribution in [3.63, 3.8) is 0 Å². The molecule has 3 rings (SSSR count). The Hall–Kier alpha value is -1.87. The molecule has 0 aliphatic carbocycles. The van der Waals surface area contributed by atoms with E-state index in [1.165, 1.54) is 12.1 Å². The topological polar surface area (TPSA) is 26.0 Å². The van der Waals surface area contributed by atoms with Gasteiger partial charge in [0.2, 0.25) is 5.89 Å². The molecular formula is C14H9ClFNO. The van der Waals surface area contributed by atoms with Gasteiger partial charge in [0.25, 0.3) is 0 Å². The van der Waals surface area contributed by atoms with Gasteiger partial charge in [0.05, 0.1) is 0 Å². The van der Waals surface area contributed by atoms with Crippen molar-refractivity contribution in [2.45, 2.75) is 5.88 Å². The Kier molecular flexibility index (Phi) is 2.76. The third-order valence-corrected chi connectivity index (χ3v) is 3.01. The summed E-state index contributed by atoms with van der Waals surface area (Å²) < 4.78 is 18.5. The van der Waals surface area contributed by atoms with Gasteiger partial charge in [0, 0.05) is 11.4 Å². The van der Waals surface area contributed by atoms with E-state index >= 15 is 0 Å². The lowest BCUT2D eigenvalue weighted by molar-refractivity contribution is 0.616. The summed E-state index contributed by atoms with van der Waals surface area (Å²) in [6.07, 6.45) is 0. The number of aromatic nitrogens is 1. The van der Waals surface area contributed by atoms with E-state index in [1.54, 1.807) is 12.1 Å². The smallest absolute Gasteiger partial charge is 0.227 e. The summed E-state index contributed by atoms with van der Waals surface area (Å²) in [5.41, 5.74) is 3.19. The molecule has 0 unspecified atom stereocenters. The van der Waals surface area contributed by atoms with Crippen LogP contribution in [0.1, 0.15) is 5.56 Å². The molecule has 2 nitrogen and oxygen atoms in total. The molecule has 1 aromatic heterocycles. The summed E-state index contributed by atoms with van der Waals surface area (Å²) in [6, 6.07) is 11.7. The molecule has 3 aromatic rings. The van der Waals surface area contributed by atoms with Gasteiger partial charge in [-0.15, -0.1) is 11.6 Å². The fourth-order valence-corrected chi connectivity index (χ4v) is 1.94. The molecule has 18 heavy (non-hydrogen) atoms. The molecule has 0 aliphatic heterocycles. The quantitative estimate of drug-likeness (QED) is 0.640. The van der Waals surface area contributed by atoms with Crippen molar-refractivity contribution in [3.05, 3.63) is 53.8 Å². The second kappa shape index (κ2) is 4.42. The maximum absolute atomic E-state index is 12.8. The van der Waals surface area contributed by atoms with Crippen LogP contribution in [0.4, 0.5) is 4.39 Å². The summed E-state index contributed by atoms with van der Waals surface area (Å²) in [7, 11) is 0. The summed E-state index contributed by atoms with van der Waals surface area (Å²) in [5, 5.41) is 0. The number of hydrogen-bond donors (Lipinski definition) is 0. The van der Waals surface area contributed by atoms with Crippen molar-refractivity contribution in [3.8, 4) is 11.5 Å². The first-order valence-electron chi connectivity index (χ1n) is 5.47. The number of fused-ring (bicyclic) bond motifs is 1. The predicted molar refractivity (Wildman–Crippen MR) is 69.0 cm³/mol. The monoisotopic (exact) mass is 261 g/mol. The third-order valence-electron chi connectivity index (χ3n) is 2.70. The number of benzene rings is 2. The number of rotatable bonds is 2. The van der Waals surface area contributed by atoms with Gasteiger partial charge in [-0.05, 0) is 42.0 Å². The van der Waals surface area contributed by atoms with Crippen molar-refractivity contribution in [2.24, 2.45) is 0 Å². The molecule has 4 heteroatoms. The number of hydrogen-bond acceptors (Lipinski definition) is 2. The van der Waals surface area contributed by atoms with Crippen LogP contribution in [0.15, 0.2) is 46.9 Å². The minimum atomic E-state index is -0.278. The summed E-state index contributed by atoms with van der Waals surface area (Å²) in [6.45, 7) is 0. The normalized spacial score (nSPS) is 11.0. The molecule has 0 spiro atoms. The highest BCUT2D eigenvalue weighted by Gasteiger charge is 2.08. The summed E-state index contributed by atoms with van der Waals surface area (Å²) in [5.74, 6) is 0.644. The van der Waals surface area contributed by atoms with Crippen LogP contribution in [-0.4, -0.2) is 4.98 Å². The Balaban J connectivity index is 2.10. The fraction of sp³-hybridized carbons (Fsp3) is 0.0714. The van der Waals surface area contributed by atoms with Gasteiger partial charge in [0.15, 0.2) is 5.58 Å². The molecule has 90 valence electrons. The fourth-order valence-electron chi connectivity index (χ4n) is 1.77. The summed E-state index contributed by atoms with van der Waals surface area (Å²) >= 11 is 5.77. The Morgan fingerprint density at radius 1 is 1.11 bits per heavy atom. The third kappa shape index (κ3) is 1.97. The summed E-state index contributed by atoms with van der Waals surface area (Å²) in [4.78, 5) is 4.37. The molecule has 0 bridgehead atoms. The van der Waals surface area contributed by atoms with Crippen molar-refractivity contribution in [2.75, 3.05) is 0 Å². The van der Waals surface area contributed by atoms with Crippen LogP contribution >= 0.6 is 11.6 Å². The van der Waals surface area contributed by atoms with E-state index in [1.807, 2.05) is 18.2 Å². The van der Waals surface area contributed by atoms with Gasteiger partial charge < -0.3 is 4.42 Å². The minimum Gasteiger partial charge on any atom is -0.436 e. The first-order valence-corrected chi connectivity index (χ1v) is 6.01. The van der Waals surface area contributed by atoms with Crippen LogP contribution in [0, 0.1) is 5.82 Å². The Morgan fingerprint density at radius 2 is 1.89 bits per heavy atom. The van der Waals surface area contributed by atoms with Gasteiger partial charge in [-0.1, -0.05) is 6.07 Å². The zero-order chi connectivity index (χ0) is 12.5. The Labute approximate surface area is 108 Å². The zero-order valence-corrected chi connectivity index (χ0v) is 10.1. The molecule has 0 radical (unpaired) electrons. The van der Waals surface area contributed by atoms with Crippen LogP contribution < -0.4 is 0 Å². The number of halogens is 2. The van der Waals surface area contributed by atoms with Crippen LogP contribution in [0.5, 0.6) is 0 Å². The molecular weight excluding hydrogens is 253 g/mol. The molecule has 0 saturated carbocycles. The second-order valence-corrected chi connectivity index (χ2v) is 4.23. The van der Waals surface area contributed by atoms with E-state index in [-0.39, 0.29) is 5.82 Å². The van der Waals surface area contributed by atoms with Gasteiger partial charge in [-0.3, -0.25) is 0 Å².